The Bertz CT molecular complexity index is 380. The zero-order valence-corrected chi connectivity index (χ0v) is 12.8. The number of aliphatic hydroxyl groups is 1. The van der Waals surface area contributed by atoms with Gasteiger partial charge in [-0.05, 0) is 30.5 Å². The van der Waals surface area contributed by atoms with E-state index in [2.05, 4.69) is 18.7 Å². The van der Waals surface area contributed by atoms with E-state index < -0.39 is 0 Å². The first-order valence-electron chi connectivity index (χ1n) is 6.82. The predicted octanol–water partition coefficient (Wildman–Crippen LogP) is 3.47. The van der Waals surface area contributed by atoms with E-state index in [-0.39, 0.29) is 6.61 Å². The SMILES string of the molecule is CCC(CC)N(CCOC)c1ccc(CO)cc1Cl. The minimum absolute atomic E-state index is 0.0169. The highest BCUT2D eigenvalue weighted by Crippen LogP contribution is 2.29. The average molecular weight is 286 g/mol. The van der Waals surface area contributed by atoms with Crippen molar-refractivity contribution in [1.29, 1.82) is 0 Å². The largest absolute Gasteiger partial charge is 0.392 e. The predicted molar refractivity (Wildman–Crippen MR) is 81.0 cm³/mol. The third kappa shape index (κ3) is 4.37. The van der Waals surface area contributed by atoms with Gasteiger partial charge in [-0.1, -0.05) is 31.5 Å². The first-order chi connectivity index (χ1) is 9.17. The molecule has 0 saturated carbocycles. The Morgan fingerprint density at radius 2 is 2.00 bits per heavy atom. The van der Waals surface area contributed by atoms with E-state index in [9.17, 15) is 0 Å². The van der Waals surface area contributed by atoms with Gasteiger partial charge in [-0.3, -0.25) is 0 Å². The summed E-state index contributed by atoms with van der Waals surface area (Å²) >= 11 is 6.35. The van der Waals surface area contributed by atoms with Gasteiger partial charge in [0.15, 0.2) is 0 Å². The molecule has 1 aromatic rings. The summed E-state index contributed by atoms with van der Waals surface area (Å²) in [4.78, 5) is 2.30. The van der Waals surface area contributed by atoms with Crippen LogP contribution in [0.25, 0.3) is 0 Å². The maximum atomic E-state index is 9.14. The van der Waals surface area contributed by atoms with Crippen LogP contribution >= 0.6 is 11.6 Å². The zero-order valence-electron chi connectivity index (χ0n) is 12.0. The molecule has 3 nitrogen and oxygen atoms in total. The number of hydrogen-bond donors (Lipinski definition) is 1. The summed E-state index contributed by atoms with van der Waals surface area (Å²) in [6.45, 7) is 5.88. The van der Waals surface area contributed by atoms with Gasteiger partial charge in [0, 0.05) is 19.7 Å². The van der Waals surface area contributed by atoms with Crippen molar-refractivity contribution in [2.75, 3.05) is 25.2 Å². The Kier molecular flexibility index (Phi) is 7.21. The molecule has 0 aliphatic rings. The smallest absolute Gasteiger partial charge is 0.0682 e. The van der Waals surface area contributed by atoms with Crippen molar-refractivity contribution in [3.8, 4) is 0 Å². The lowest BCUT2D eigenvalue weighted by atomic mass is 10.1. The Morgan fingerprint density at radius 3 is 2.47 bits per heavy atom. The van der Waals surface area contributed by atoms with Crippen LogP contribution in [0.2, 0.25) is 5.02 Å². The van der Waals surface area contributed by atoms with E-state index in [4.69, 9.17) is 21.4 Å². The molecule has 0 amide bonds. The summed E-state index contributed by atoms with van der Waals surface area (Å²) in [5.74, 6) is 0. The molecule has 0 atom stereocenters. The van der Waals surface area contributed by atoms with Crippen molar-refractivity contribution in [2.45, 2.75) is 39.3 Å². The normalized spacial score (nSPS) is 11.1. The molecule has 1 rings (SSSR count). The van der Waals surface area contributed by atoms with Crippen LogP contribution in [0.5, 0.6) is 0 Å². The highest BCUT2D eigenvalue weighted by Gasteiger charge is 2.18. The number of nitrogens with zero attached hydrogens (tertiary/aromatic N) is 1. The van der Waals surface area contributed by atoms with Gasteiger partial charge in [0.25, 0.3) is 0 Å². The average Bonchev–Trinajstić information content (AvgIpc) is 2.44. The lowest BCUT2D eigenvalue weighted by molar-refractivity contribution is 0.202. The van der Waals surface area contributed by atoms with Crippen LogP contribution in [0.4, 0.5) is 5.69 Å². The van der Waals surface area contributed by atoms with E-state index in [1.807, 2.05) is 18.2 Å². The third-order valence-electron chi connectivity index (χ3n) is 3.42. The summed E-state index contributed by atoms with van der Waals surface area (Å²) in [7, 11) is 1.71. The van der Waals surface area contributed by atoms with E-state index in [0.29, 0.717) is 17.7 Å². The summed E-state index contributed by atoms with van der Waals surface area (Å²) in [6.07, 6.45) is 2.14. The maximum Gasteiger partial charge on any atom is 0.0682 e. The van der Waals surface area contributed by atoms with Gasteiger partial charge in [-0.15, -0.1) is 0 Å². The van der Waals surface area contributed by atoms with Gasteiger partial charge in [-0.25, -0.2) is 0 Å². The molecule has 0 aliphatic heterocycles. The van der Waals surface area contributed by atoms with Crippen LogP contribution < -0.4 is 4.90 Å². The molecule has 0 aliphatic carbocycles. The summed E-state index contributed by atoms with van der Waals surface area (Å²) < 4.78 is 5.19. The lowest BCUT2D eigenvalue weighted by Gasteiger charge is -2.33. The molecule has 0 radical (unpaired) electrons. The fraction of sp³-hybridized carbons (Fsp3) is 0.600. The highest BCUT2D eigenvalue weighted by atomic mass is 35.5. The number of hydrogen-bond acceptors (Lipinski definition) is 3. The maximum absolute atomic E-state index is 9.14. The van der Waals surface area contributed by atoms with Crippen LogP contribution in [-0.2, 0) is 11.3 Å². The standard InChI is InChI=1S/C15H24ClNO2/c1-4-13(5-2)17(8-9-19-3)15-7-6-12(11-18)10-14(15)16/h6-7,10,13,18H,4-5,8-9,11H2,1-3H3. The van der Waals surface area contributed by atoms with Gasteiger partial charge in [0.05, 0.1) is 23.9 Å². The molecule has 0 aromatic heterocycles. The number of aliphatic hydroxyl groups excluding tert-OH is 1. The van der Waals surface area contributed by atoms with Crippen LogP contribution in [-0.4, -0.2) is 31.4 Å². The second kappa shape index (κ2) is 8.41. The molecule has 0 bridgehead atoms. The second-order valence-electron chi connectivity index (χ2n) is 4.60. The quantitative estimate of drug-likeness (QED) is 0.794. The van der Waals surface area contributed by atoms with Gasteiger partial charge in [0.2, 0.25) is 0 Å². The number of halogens is 1. The topological polar surface area (TPSA) is 32.7 Å². The van der Waals surface area contributed by atoms with Gasteiger partial charge in [-0.2, -0.15) is 0 Å². The fourth-order valence-electron chi connectivity index (χ4n) is 2.30. The highest BCUT2D eigenvalue weighted by molar-refractivity contribution is 6.33. The Hall–Kier alpha value is -0.770. The van der Waals surface area contributed by atoms with E-state index in [1.165, 1.54) is 0 Å². The molecule has 4 heteroatoms. The van der Waals surface area contributed by atoms with Crippen molar-refractivity contribution in [1.82, 2.24) is 0 Å². The van der Waals surface area contributed by atoms with Crippen LogP contribution in [0.3, 0.4) is 0 Å². The molecular formula is C15H24ClNO2. The van der Waals surface area contributed by atoms with Crippen molar-refractivity contribution in [2.24, 2.45) is 0 Å². The first kappa shape index (κ1) is 16.3. The van der Waals surface area contributed by atoms with Crippen molar-refractivity contribution < 1.29 is 9.84 Å². The van der Waals surface area contributed by atoms with Crippen LogP contribution in [0.1, 0.15) is 32.3 Å². The molecule has 0 unspecified atom stereocenters. The molecule has 0 fully saturated rings. The Labute approximate surface area is 121 Å². The van der Waals surface area contributed by atoms with Crippen molar-refractivity contribution in [3.05, 3.63) is 28.8 Å². The van der Waals surface area contributed by atoms with Gasteiger partial charge in [0.1, 0.15) is 0 Å². The summed E-state index contributed by atoms with van der Waals surface area (Å²) in [6, 6.07) is 6.19. The minimum Gasteiger partial charge on any atom is -0.392 e. The zero-order chi connectivity index (χ0) is 14.3. The number of anilines is 1. The summed E-state index contributed by atoms with van der Waals surface area (Å²) in [5, 5.41) is 9.83. The molecule has 108 valence electrons. The van der Waals surface area contributed by atoms with Crippen LogP contribution in [0, 0.1) is 0 Å². The fourth-order valence-corrected chi connectivity index (χ4v) is 2.61. The molecular weight excluding hydrogens is 262 g/mol. The van der Waals surface area contributed by atoms with Crippen molar-refractivity contribution >= 4 is 17.3 Å². The van der Waals surface area contributed by atoms with Gasteiger partial charge < -0.3 is 14.7 Å². The third-order valence-corrected chi connectivity index (χ3v) is 3.73. The summed E-state index contributed by atoms with van der Waals surface area (Å²) in [5.41, 5.74) is 1.86. The molecule has 1 aromatic carbocycles. The molecule has 19 heavy (non-hydrogen) atoms. The molecule has 0 heterocycles. The number of benzene rings is 1. The lowest BCUT2D eigenvalue weighted by Crippen LogP contribution is -2.37. The number of rotatable bonds is 8. The van der Waals surface area contributed by atoms with Gasteiger partial charge >= 0.3 is 0 Å². The van der Waals surface area contributed by atoms with Crippen molar-refractivity contribution in [3.63, 3.8) is 0 Å². The minimum atomic E-state index is 0.0169. The second-order valence-corrected chi connectivity index (χ2v) is 5.01. The Balaban J connectivity index is 3.01. The monoisotopic (exact) mass is 285 g/mol. The number of methoxy groups -OCH3 is 1. The molecule has 1 N–H and O–H groups in total. The van der Waals surface area contributed by atoms with E-state index in [1.54, 1.807) is 7.11 Å². The molecule has 0 spiro atoms. The van der Waals surface area contributed by atoms with E-state index >= 15 is 0 Å². The number of ether oxygens (including phenoxy) is 1. The van der Waals surface area contributed by atoms with E-state index in [0.717, 1.165) is 30.6 Å². The first-order valence-corrected chi connectivity index (χ1v) is 7.20. The van der Waals surface area contributed by atoms with Crippen LogP contribution in [0.15, 0.2) is 18.2 Å². The Morgan fingerprint density at radius 1 is 1.32 bits per heavy atom. The molecule has 0 saturated heterocycles.